The van der Waals surface area contributed by atoms with Crippen molar-refractivity contribution in [3.8, 4) is 11.1 Å². The van der Waals surface area contributed by atoms with Gasteiger partial charge >= 0.3 is 0 Å². The standard InChI is InChI=1S/C65H49N/c1-40-30-42-14-6-8-16-44(42)36-61(40)64(2,3)49-25-22-41-23-26-50(32-47(41)31-49)66(52-28-29-57-55-20-11-10-18-53(55)54-19-12-13-21-56(54)58(57)39-52)51-27-24-46-35-60-59-34-43-15-7-9-17-45(43)37-62(59)65(4,5)63(60)38-48(46)33-51/h6-39H,1-5H3. The molecule has 0 spiro atoms. The van der Waals surface area contributed by atoms with Crippen LogP contribution in [-0.4, -0.2) is 0 Å². The van der Waals surface area contributed by atoms with Gasteiger partial charge in [0.25, 0.3) is 0 Å². The molecule has 0 bridgehead atoms. The van der Waals surface area contributed by atoms with Crippen LogP contribution in [0.15, 0.2) is 206 Å². The van der Waals surface area contributed by atoms with Crippen molar-refractivity contribution < 1.29 is 0 Å². The third-order valence-electron chi connectivity index (χ3n) is 15.3. The van der Waals surface area contributed by atoms with Gasteiger partial charge < -0.3 is 4.90 Å². The van der Waals surface area contributed by atoms with Crippen LogP contribution in [0.5, 0.6) is 0 Å². The molecule has 0 N–H and O–H groups in total. The van der Waals surface area contributed by atoms with E-state index in [9.17, 15) is 0 Å². The van der Waals surface area contributed by atoms with Crippen LogP contribution < -0.4 is 4.90 Å². The summed E-state index contributed by atoms with van der Waals surface area (Å²) in [5.74, 6) is 0. The molecule has 12 aromatic carbocycles. The molecule has 0 radical (unpaired) electrons. The predicted molar refractivity (Wildman–Crippen MR) is 285 cm³/mol. The fraction of sp³-hybridized carbons (Fsp3) is 0.108. The molecule has 0 saturated carbocycles. The van der Waals surface area contributed by atoms with Gasteiger partial charge in [0.05, 0.1) is 0 Å². The zero-order valence-electron chi connectivity index (χ0n) is 38.1. The zero-order valence-corrected chi connectivity index (χ0v) is 38.1. The highest BCUT2D eigenvalue weighted by molar-refractivity contribution is 6.26. The molecule has 0 unspecified atom stereocenters. The first-order valence-corrected chi connectivity index (χ1v) is 23.4. The summed E-state index contributed by atoms with van der Waals surface area (Å²) < 4.78 is 0. The molecule has 66 heavy (non-hydrogen) atoms. The Balaban J connectivity index is 1.00. The van der Waals surface area contributed by atoms with Crippen LogP contribution in [-0.2, 0) is 10.8 Å². The number of benzene rings is 12. The van der Waals surface area contributed by atoms with E-state index in [0.29, 0.717) is 0 Å². The number of rotatable bonds is 5. The van der Waals surface area contributed by atoms with Crippen LogP contribution in [0.4, 0.5) is 17.1 Å². The average molecular weight is 844 g/mol. The molecule has 314 valence electrons. The third-order valence-corrected chi connectivity index (χ3v) is 15.3. The minimum absolute atomic E-state index is 0.129. The largest absolute Gasteiger partial charge is 0.310 e. The van der Waals surface area contributed by atoms with Crippen molar-refractivity contribution in [3.05, 3.63) is 234 Å². The molecule has 0 heterocycles. The Labute approximate surface area is 386 Å². The van der Waals surface area contributed by atoms with Crippen LogP contribution in [0.1, 0.15) is 55.5 Å². The topological polar surface area (TPSA) is 3.24 Å². The molecular formula is C65H49N. The zero-order chi connectivity index (χ0) is 44.5. The lowest BCUT2D eigenvalue weighted by molar-refractivity contribution is 0.638. The highest BCUT2D eigenvalue weighted by atomic mass is 15.1. The van der Waals surface area contributed by atoms with Crippen LogP contribution in [0.3, 0.4) is 0 Å². The summed E-state index contributed by atoms with van der Waals surface area (Å²) >= 11 is 0. The van der Waals surface area contributed by atoms with E-state index in [1.165, 1.54) is 114 Å². The number of aryl methyl sites for hydroxylation is 1. The molecule has 0 fully saturated rings. The van der Waals surface area contributed by atoms with Crippen molar-refractivity contribution in [2.75, 3.05) is 4.90 Å². The monoisotopic (exact) mass is 843 g/mol. The van der Waals surface area contributed by atoms with Gasteiger partial charge in [-0.1, -0.05) is 173 Å². The average Bonchev–Trinajstić information content (AvgIpc) is 3.55. The van der Waals surface area contributed by atoms with E-state index in [-0.39, 0.29) is 10.8 Å². The first-order chi connectivity index (χ1) is 32.1. The number of fused-ring (bicyclic) bond motifs is 13. The molecule has 1 heteroatoms. The molecule has 13 rings (SSSR count). The van der Waals surface area contributed by atoms with Gasteiger partial charge in [-0.05, 0) is 182 Å². The lowest BCUT2D eigenvalue weighted by Crippen LogP contribution is -2.20. The number of nitrogens with zero attached hydrogens (tertiary/aromatic N) is 1. The van der Waals surface area contributed by atoms with Crippen molar-refractivity contribution in [3.63, 3.8) is 0 Å². The molecule has 0 aliphatic heterocycles. The van der Waals surface area contributed by atoms with E-state index in [4.69, 9.17) is 0 Å². The summed E-state index contributed by atoms with van der Waals surface area (Å²) in [5.41, 5.74) is 12.5. The Morgan fingerprint density at radius 1 is 0.348 bits per heavy atom. The van der Waals surface area contributed by atoms with Gasteiger partial charge in [-0.15, -0.1) is 0 Å². The highest BCUT2D eigenvalue weighted by Crippen LogP contribution is 2.52. The first-order valence-electron chi connectivity index (χ1n) is 23.4. The normalized spacial score (nSPS) is 13.3. The minimum Gasteiger partial charge on any atom is -0.310 e. The molecule has 1 aliphatic rings. The number of hydrogen-bond donors (Lipinski definition) is 0. The number of anilines is 3. The van der Waals surface area contributed by atoms with Crippen molar-refractivity contribution in [1.29, 1.82) is 0 Å². The Morgan fingerprint density at radius 2 is 0.773 bits per heavy atom. The fourth-order valence-corrected chi connectivity index (χ4v) is 11.7. The first kappa shape index (κ1) is 38.7. The molecule has 1 nitrogen and oxygen atoms in total. The van der Waals surface area contributed by atoms with Gasteiger partial charge in [-0.2, -0.15) is 0 Å². The van der Waals surface area contributed by atoms with Crippen molar-refractivity contribution in [2.45, 2.75) is 45.4 Å². The molecule has 0 amide bonds. The maximum absolute atomic E-state index is 2.48. The Kier molecular flexibility index (Phi) is 8.28. The van der Waals surface area contributed by atoms with E-state index in [1.807, 2.05) is 0 Å². The quantitative estimate of drug-likeness (QED) is 0.156. The molecule has 0 aromatic heterocycles. The van der Waals surface area contributed by atoms with E-state index < -0.39 is 0 Å². The van der Waals surface area contributed by atoms with Crippen molar-refractivity contribution in [2.24, 2.45) is 0 Å². The van der Waals surface area contributed by atoms with Gasteiger partial charge in [0, 0.05) is 27.9 Å². The second-order valence-corrected chi connectivity index (χ2v) is 19.8. The van der Waals surface area contributed by atoms with Crippen molar-refractivity contribution >= 4 is 92.5 Å². The fourth-order valence-electron chi connectivity index (χ4n) is 11.7. The lowest BCUT2D eigenvalue weighted by Gasteiger charge is -2.29. The van der Waals surface area contributed by atoms with Gasteiger partial charge in [-0.3, -0.25) is 0 Å². The lowest BCUT2D eigenvalue weighted by atomic mass is 9.75. The summed E-state index contributed by atoms with van der Waals surface area (Å²) in [6.45, 7) is 11.8. The predicted octanol–water partition coefficient (Wildman–Crippen LogP) is 18.2. The van der Waals surface area contributed by atoms with Crippen LogP contribution in [0.2, 0.25) is 0 Å². The van der Waals surface area contributed by atoms with E-state index in [0.717, 1.165) is 17.1 Å². The Morgan fingerprint density at radius 3 is 1.39 bits per heavy atom. The molecule has 12 aromatic rings. The Bertz CT molecular complexity index is 3980. The Hall–Kier alpha value is -7.74. The van der Waals surface area contributed by atoms with E-state index in [2.05, 4.69) is 246 Å². The maximum atomic E-state index is 2.48. The second kappa shape index (κ2) is 14.1. The van der Waals surface area contributed by atoms with Crippen LogP contribution >= 0.6 is 0 Å². The molecular weight excluding hydrogens is 795 g/mol. The van der Waals surface area contributed by atoms with Crippen molar-refractivity contribution in [1.82, 2.24) is 0 Å². The van der Waals surface area contributed by atoms with Gasteiger partial charge in [-0.25, -0.2) is 0 Å². The molecule has 0 atom stereocenters. The summed E-state index contributed by atoms with van der Waals surface area (Å²) in [6.07, 6.45) is 0. The smallest absolute Gasteiger partial charge is 0.0468 e. The molecule has 0 saturated heterocycles. The summed E-state index contributed by atoms with van der Waals surface area (Å²) in [5, 5.41) is 17.7. The van der Waals surface area contributed by atoms with E-state index in [1.54, 1.807) is 0 Å². The van der Waals surface area contributed by atoms with Crippen LogP contribution in [0, 0.1) is 6.92 Å². The summed E-state index contributed by atoms with van der Waals surface area (Å²) in [4.78, 5) is 2.48. The highest BCUT2D eigenvalue weighted by Gasteiger charge is 2.36. The van der Waals surface area contributed by atoms with Gasteiger partial charge in [0.15, 0.2) is 0 Å². The van der Waals surface area contributed by atoms with Gasteiger partial charge in [0.1, 0.15) is 0 Å². The maximum Gasteiger partial charge on any atom is 0.0468 e. The summed E-state index contributed by atoms with van der Waals surface area (Å²) in [7, 11) is 0. The SMILES string of the molecule is Cc1cc2ccccc2cc1C(C)(C)c1ccc2ccc(N(c3ccc4cc5c(cc4c3)C(C)(C)c3cc4ccccc4cc3-5)c3ccc4c5ccccc5c5ccccc5c4c3)cc2c1. The number of hydrogen-bond acceptors (Lipinski definition) is 1. The molecule has 1 aliphatic carbocycles. The van der Waals surface area contributed by atoms with Crippen LogP contribution in [0.25, 0.3) is 86.5 Å². The van der Waals surface area contributed by atoms with Gasteiger partial charge in [0.2, 0.25) is 0 Å². The summed E-state index contributed by atoms with van der Waals surface area (Å²) in [6, 6.07) is 78.0. The third kappa shape index (κ3) is 5.79. The minimum atomic E-state index is -0.209. The second-order valence-electron chi connectivity index (χ2n) is 19.8. The van der Waals surface area contributed by atoms with E-state index >= 15 is 0 Å².